The second-order valence-corrected chi connectivity index (χ2v) is 23.8. The Bertz CT molecular complexity index is 1040. The van der Waals surface area contributed by atoms with Gasteiger partial charge in [0.25, 0.3) is 0 Å². The van der Waals surface area contributed by atoms with E-state index in [1.54, 1.807) is 0 Å². The van der Waals surface area contributed by atoms with Crippen molar-refractivity contribution in [3.05, 3.63) is 0 Å². The van der Waals surface area contributed by atoms with Gasteiger partial charge in [-0.1, -0.05) is 83.1 Å². The predicted octanol–water partition coefficient (Wildman–Crippen LogP) is 9.87. The minimum Gasteiger partial charge on any atom is -0.411 e. The first-order valence-corrected chi connectivity index (χ1v) is 21.0. The van der Waals surface area contributed by atoms with Gasteiger partial charge in [-0.2, -0.15) is 0 Å². The van der Waals surface area contributed by atoms with E-state index in [0.717, 1.165) is 24.2 Å². The van der Waals surface area contributed by atoms with E-state index in [1.165, 1.54) is 63.1 Å². The van der Waals surface area contributed by atoms with Crippen LogP contribution in [-0.4, -0.2) is 37.8 Å². The van der Waals surface area contributed by atoms with Crippen molar-refractivity contribution in [2.75, 3.05) is 0 Å². The Kier molecular flexibility index (Phi) is 7.48. The van der Waals surface area contributed by atoms with Gasteiger partial charge < -0.3 is 14.3 Å². The maximum absolute atomic E-state index is 11.6. The van der Waals surface area contributed by atoms with E-state index in [9.17, 15) is 5.11 Å². The van der Waals surface area contributed by atoms with Crippen LogP contribution < -0.4 is 0 Å². The summed E-state index contributed by atoms with van der Waals surface area (Å²) in [5, 5.41) is 11.6. The molecule has 0 aromatic heterocycles. The standard InChI is InChI=1S/C38H68O3Si/c1-13-42(14-2,15-3)41-32-30-29(24(4)22-26(40-30)31(39)33(6,7)8)35(11)20-21-38-23-37(38)19-18-25(5)34(9,10)27(37)16-17-28(38)36(32,35)12/h24-32,39H,13-23H2,1-12H3/t24-,25+,26-,27+,28+,29?,30+,31?,32+,35-,36-,37?,38+/m1/s1. The highest BCUT2D eigenvalue weighted by molar-refractivity contribution is 6.73. The third-order valence-corrected chi connectivity index (χ3v) is 21.5. The molecule has 13 atom stereocenters. The summed E-state index contributed by atoms with van der Waals surface area (Å²) in [6, 6.07) is 3.58. The van der Waals surface area contributed by atoms with Crippen LogP contribution in [0.1, 0.15) is 134 Å². The van der Waals surface area contributed by atoms with Gasteiger partial charge in [-0.25, -0.2) is 0 Å². The van der Waals surface area contributed by atoms with Crippen molar-refractivity contribution in [2.24, 2.45) is 62.1 Å². The van der Waals surface area contributed by atoms with Gasteiger partial charge in [-0.15, -0.1) is 0 Å². The Morgan fingerprint density at radius 1 is 0.881 bits per heavy atom. The van der Waals surface area contributed by atoms with Crippen LogP contribution >= 0.6 is 0 Å². The summed E-state index contributed by atoms with van der Waals surface area (Å²) >= 11 is 0. The zero-order valence-corrected chi connectivity index (χ0v) is 30.7. The van der Waals surface area contributed by atoms with Crippen LogP contribution in [0.3, 0.4) is 0 Å². The summed E-state index contributed by atoms with van der Waals surface area (Å²) in [6.45, 7) is 29.5. The lowest BCUT2D eigenvalue weighted by molar-refractivity contribution is -0.186. The molecule has 4 heteroatoms. The molecule has 0 amide bonds. The van der Waals surface area contributed by atoms with Crippen molar-refractivity contribution < 1.29 is 14.3 Å². The zero-order valence-electron chi connectivity index (χ0n) is 29.7. The largest absolute Gasteiger partial charge is 0.411 e. The van der Waals surface area contributed by atoms with Gasteiger partial charge in [0.15, 0.2) is 8.32 Å². The normalized spacial score (nSPS) is 51.9. The van der Waals surface area contributed by atoms with Gasteiger partial charge in [-0.05, 0) is 126 Å². The molecular formula is C38H68O3Si. The van der Waals surface area contributed by atoms with Crippen molar-refractivity contribution in [3.8, 4) is 0 Å². The summed E-state index contributed by atoms with van der Waals surface area (Å²) in [5.41, 5.74) is 1.69. The van der Waals surface area contributed by atoms with Gasteiger partial charge in [0, 0.05) is 5.41 Å². The second kappa shape index (κ2) is 9.80. The molecule has 3 unspecified atom stereocenters. The van der Waals surface area contributed by atoms with Crippen LogP contribution in [0.15, 0.2) is 0 Å². The maximum Gasteiger partial charge on any atom is 0.192 e. The monoisotopic (exact) mass is 600 g/mol. The highest BCUT2D eigenvalue weighted by Gasteiger charge is 2.84. The molecule has 42 heavy (non-hydrogen) atoms. The Morgan fingerprint density at radius 2 is 1.48 bits per heavy atom. The summed E-state index contributed by atoms with van der Waals surface area (Å²) in [5.74, 6) is 3.51. The van der Waals surface area contributed by atoms with Crippen LogP contribution in [0.2, 0.25) is 18.1 Å². The summed E-state index contributed by atoms with van der Waals surface area (Å²) in [7, 11) is -1.90. The second-order valence-electron chi connectivity index (χ2n) is 19.1. The Morgan fingerprint density at radius 3 is 2.07 bits per heavy atom. The minimum atomic E-state index is -1.90. The molecule has 2 spiro atoms. The van der Waals surface area contributed by atoms with Crippen LogP contribution in [0, 0.1) is 62.1 Å². The van der Waals surface area contributed by atoms with Crippen molar-refractivity contribution in [1.82, 2.24) is 0 Å². The molecule has 242 valence electrons. The van der Waals surface area contributed by atoms with Crippen LogP contribution in [0.5, 0.6) is 0 Å². The first kappa shape index (κ1) is 32.1. The van der Waals surface area contributed by atoms with Gasteiger partial charge >= 0.3 is 0 Å². The number of hydrogen-bond acceptors (Lipinski definition) is 3. The Balaban J connectivity index is 1.45. The molecule has 1 saturated heterocycles. The Hall–Kier alpha value is 0.0969. The average Bonchev–Trinajstić information content (AvgIpc) is 3.56. The molecule has 0 aromatic rings. The lowest BCUT2D eigenvalue weighted by Gasteiger charge is -2.64. The molecule has 6 aliphatic rings. The van der Waals surface area contributed by atoms with E-state index in [-0.39, 0.29) is 34.6 Å². The smallest absolute Gasteiger partial charge is 0.192 e. The summed E-state index contributed by atoms with van der Waals surface area (Å²) in [6.07, 6.45) is 10.6. The molecule has 1 aliphatic heterocycles. The molecule has 1 N–H and O–H groups in total. The fourth-order valence-electron chi connectivity index (χ4n) is 13.7. The van der Waals surface area contributed by atoms with Gasteiger partial charge in [0.1, 0.15) is 0 Å². The van der Waals surface area contributed by atoms with Gasteiger partial charge in [0.2, 0.25) is 0 Å². The molecule has 5 aliphatic carbocycles. The van der Waals surface area contributed by atoms with Crippen LogP contribution in [0.4, 0.5) is 0 Å². The molecule has 1 heterocycles. The minimum absolute atomic E-state index is 0.0988. The first-order valence-electron chi connectivity index (χ1n) is 18.5. The number of hydrogen-bond donors (Lipinski definition) is 1. The highest BCUT2D eigenvalue weighted by atomic mass is 28.4. The quantitative estimate of drug-likeness (QED) is 0.308. The third kappa shape index (κ3) is 3.85. The number of ether oxygens (including phenoxy) is 1. The SMILES string of the molecule is CC[Si](CC)(CC)O[C@H]1[C@H]2O[C@@H](C(O)C(C)(C)C)C[C@@H](C)C2[C@@]2(C)CC[C@@]34CC35CC[C@H](C)C(C)(C)[C@@H]5CC[C@H]4[C@]12C. The Labute approximate surface area is 261 Å². The lowest BCUT2D eigenvalue weighted by atomic mass is 9.41. The fourth-order valence-corrected chi connectivity index (χ4v) is 16.6. The molecule has 0 radical (unpaired) electrons. The van der Waals surface area contributed by atoms with E-state index in [1.807, 2.05) is 0 Å². The van der Waals surface area contributed by atoms with Crippen LogP contribution in [-0.2, 0) is 9.16 Å². The van der Waals surface area contributed by atoms with E-state index < -0.39 is 14.4 Å². The van der Waals surface area contributed by atoms with E-state index in [4.69, 9.17) is 9.16 Å². The number of fused-ring (bicyclic) bond motifs is 4. The van der Waals surface area contributed by atoms with Gasteiger partial charge in [0.05, 0.1) is 24.4 Å². The predicted molar refractivity (Wildman–Crippen MR) is 177 cm³/mol. The van der Waals surface area contributed by atoms with Crippen molar-refractivity contribution in [1.29, 1.82) is 0 Å². The average molecular weight is 601 g/mol. The molecule has 6 fully saturated rings. The molecular weight excluding hydrogens is 533 g/mol. The molecule has 0 aromatic carbocycles. The van der Waals surface area contributed by atoms with Crippen molar-refractivity contribution >= 4 is 8.32 Å². The van der Waals surface area contributed by atoms with Crippen molar-refractivity contribution in [3.63, 3.8) is 0 Å². The molecule has 0 bridgehead atoms. The van der Waals surface area contributed by atoms with Gasteiger partial charge in [-0.3, -0.25) is 0 Å². The molecule has 5 saturated carbocycles. The highest BCUT2D eigenvalue weighted by Crippen LogP contribution is 2.89. The molecule has 3 nitrogen and oxygen atoms in total. The van der Waals surface area contributed by atoms with E-state index >= 15 is 0 Å². The topological polar surface area (TPSA) is 38.7 Å². The van der Waals surface area contributed by atoms with E-state index in [2.05, 4.69) is 83.1 Å². The number of aliphatic hydroxyl groups excluding tert-OH is 1. The third-order valence-electron chi connectivity index (χ3n) is 16.9. The summed E-state index contributed by atoms with van der Waals surface area (Å²) in [4.78, 5) is 0. The fraction of sp³-hybridized carbons (Fsp3) is 1.00. The van der Waals surface area contributed by atoms with Crippen LogP contribution in [0.25, 0.3) is 0 Å². The van der Waals surface area contributed by atoms with Crippen molar-refractivity contribution in [2.45, 2.75) is 177 Å². The maximum atomic E-state index is 11.6. The first-order chi connectivity index (χ1) is 19.4. The number of aliphatic hydroxyl groups is 1. The summed E-state index contributed by atoms with van der Waals surface area (Å²) < 4.78 is 15.2. The zero-order chi connectivity index (χ0) is 30.9. The number of rotatable bonds is 6. The van der Waals surface area contributed by atoms with E-state index in [0.29, 0.717) is 28.1 Å². The molecule has 6 rings (SSSR count). The lowest BCUT2D eigenvalue weighted by Crippen LogP contribution is -2.60.